The molecule has 1 aliphatic heterocycles. The number of hydrogen-bond acceptors (Lipinski definition) is 3. The average Bonchev–Trinajstić information content (AvgIpc) is 3.68. The number of hydrogen-bond donors (Lipinski definition) is 1. The van der Waals surface area contributed by atoms with Crippen LogP contribution in [0.25, 0.3) is 77.5 Å². The first-order chi connectivity index (χ1) is 39.6. The molecule has 0 atom stereocenters. The van der Waals surface area contributed by atoms with Gasteiger partial charge in [-0.15, -0.1) is 0 Å². The van der Waals surface area contributed by atoms with Gasteiger partial charge in [0.25, 0.3) is 0 Å². The molecule has 376 valence electrons. The lowest BCUT2D eigenvalue weighted by Gasteiger charge is -2.37. The fourth-order valence-electron chi connectivity index (χ4n) is 11.7. The molecule has 0 saturated heterocycles. The molecule has 0 fully saturated rings. The van der Waals surface area contributed by atoms with E-state index < -0.39 is 0 Å². The minimum Gasteiger partial charge on any atom is -0.355 e. The molecule has 0 unspecified atom stereocenters. The van der Waals surface area contributed by atoms with E-state index in [1.54, 1.807) is 0 Å². The number of rotatable bonds is 12. The van der Waals surface area contributed by atoms with Crippen molar-refractivity contribution in [1.82, 2.24) is 0 Å². The standard InChI is InChI=1S/C76H54BN3/c1-6-20-53(21-7-1)58-36-41-65(42-37-58)79(66-43-38-59(39-44-66)54-22-8-2-9-23-54)68-45-46-71-73(52-68)80(67-34-19-32-61(49-67)56-26-12-4-13-27-56)74-51-63-30-16-17-35-69(63)75(76(74)77-71)70-50-62(57-28-14-5-15-29-57)40-47-72(70)78-64-33-18-31-60(48-64)55-24-10-3-11-25-55/h1-52,77-78H. The van der Waals surface area contributed by atoms with Crippen LogP contribution in [0.4, 0.5) is 45.5 Å². The molecule has 1 aliphatic rings. The zero-order valence-corrected chi connectivity index (χ0v) is 44.1. The van der Waals surface area contributed by atoms with Gasteiger partial charge in [0.2, 0.25) is 0 Å². The highest BCUT2D eigenvalue weighted by Crippen LogP contribution is 2.46. The Morgan fingerprint density at radius 1 is 0.312 bits per heavy atom. The highest BCUT2D eigenvalue weighted by molar-refractivity contribution is 6.73. The van der Waals surface area contributed by atoms with Crippen molar-refractivity contribution < 1.29 is 0 Å². The van der Waals surface area contributed by atoms with Crippen LogP contribution in [0.3, 0.4) is 0 Å². The van der Waals surface area contributed by atoms with E-state index in [0.29, 0.717) is 0 Å². The molecule has 1 N–H and O–H groups in total. The molecular weight excluding hydrogens is 966 g/mol. The van der Waals surface area contributed by atoms with E-state index in [0.717, 1.165) is 75.0 Å². The summed E-state index contributed by atoms with van der Waals surface area (Å²) >= 11 is 0. The molecule has 0 saturated carbocycles. The van der Waals surface area contributed by atoms with Crippen LogP contribution in [-0.4, -0.2) is 7.28 Å². The predicted molar refractivity (Wildman–Crippen MR) is 342 cm³/mol. The van der Waals surface area contributed by atoms with Crippen molar-refractivity contribution in [3.8, 4) is 66.8 Å². The van der Waals surface area contributed by atoms with E-state index in [1.807, 2.05) is 0 Å². The molecule has 4 heteroatoms. The summed E-state index contributed by atoms with van der Waals surface area (Å²) < 4.78 is 0. The van der Waals surface area contributed by atoms with Crippen LogP contribution in [0.1, 0.15) is 0 Å². The Kier molecular flexibility index (Phi) is 12.7. The highest BCUT2D eigenvalue weighted by atomic mass is 15.2. The maximum Gasteiger partial charge on any atom is 0.198 e. The third-order valence-corrected chi connectivity index (χ3v) is 15.6. The molecule has 0 aromatic heterocycles. The third kappa shape index (κ3) is 9.40. The van der Waals surface area contributed by atoms with Crippen LogP contribution in [0.2, 0.25) is 0 Å². The molecule has 0 aliphatic carbocycles. The van der Waals surface area contributed by atoms with Crippen molar-refractivity contribution in [3.05, 3.63) is 315 Å². The quantitative estimate of drug-likeness (QED) is 0.123. The minimum absolute atomic E-state index is 0.718. The molecule has 3 nitrogen and oxygen atoms in total. The lowest BCUT2D eigenvalue weighted by molar-refractivity contribution is 1.26. The first-order valence-electron chi connectivity index (χ1n) is 27.5. The van der Waals surface area contributed by atoms with Crippen LogP contribution >= 0.6 is 0 Å². The van der Waals surface area contributed by atoms with E-state index in [2.05, 4.69) is 331 Å². The lowest BCUT2D eigenvalue weighted by atomic mass is 9.57. The SMILES string of the molecule is B1c2ccc(N(c3ccc(-c4ccccc4)cc3)c3ccc(-c4ccccc4)cc3)cc2N(c2cccc(-c3ccccc3)c2)c2cc3ccccc3c(-c3cc(-c4ccccc4)ccc3Nc3cccc(-c4ccccc4)c3)c21. The Bertz CT molecular complexity index is 4240. The van der Waals surface area contributed by atoms with Crippen molar-refractivity contribution >= 4 is 74.5 Å². The van der Waals surface area contributed by atoms with Crippen LogP contribution in [0.15, 0.2) is 315 Å². The van der Waals surface area contributed by atoms with Crippen LogP contribution < -0.4 is 26.0 Å². The molecule has 13 aromatic carbocycles. The monoisotopic (exact) mass is 1020 g/mol. The summed E-state index contributed by atoms with van der Waals surface area (Å²) in [5.74, 6) is 0. The van der Waals surface area contributed by atoms with Gasteiger partial charge in [-0.25, -0.2) is 0 Å². The highest BCUT2D eigenvalue weighted by Gasteiger charge is 2.31. The smallest absolute Gasteiger partial charge is 0.198 e. The maximum absolute atomic E-state index is 3.98. The normalized spacial score (nSPS) is 11.6. The van der Waals surface area contributed by atoms with E-state index >= 15 is 0 Å². The van der Waals surface area contributed by atoms with Crippen molar-refractivity contribution in [1.29, 1.82) is 0 Å². The summed E-state index contributed by atoms with van der Waals surface area (Å²) in [6.45, 7) is 0. The molecule has 1 heterocycles. The van der Waals surface area contributed by atoms with Gasteiger partial charge in [-0.2, -0.15) is 0 Å². The Labute approximate surface area is 469 Å². The summed E-state index contributed by atoms with van der Waals surface area (Å²) in [5, 5.41) is 6.36. The summed E-state index contributed by atoms with van der Waals surface area (Å²) in [7, 11) is 0.718. The van der Waals surface area contributed by atoms with Crippen molar-refractivity contribution in [2.24, 2.45) is 0 Å². The van der Waals surface area contributed by atoms with E-state index in [1.165, 1.54) is 66.2 Å². The minimum atomic E-state index is 0.718. The van der Waals surface area contributed by atoms with E-state index in [4.69, 9.17) is 0 Å². The van der Waals surface area contributed by atoms with Gasteiger partial charge in [0.05, 0.1) is 0 Å². The summed E-state index contributed by atoms with van der Waals surface area (Å²) in [4.78, 5) is 4.94. The third-order valence-electron chi connectivity index (χ3n) is 15.6. The Balaban J connectivity index is 0.973. The summed E-state index contributed by atoms with van der Waals surface area (Å²) in [5.41, 5.74) is 25.3. The number of nitrogens with zero attached hydrogens (tertiary/aromatic N) is 2. The van der Waals surface area contributed by atoms with Gasteiger partial charge in [0.1, 0.15) is 0 Å². The Morgan fingerprint density at radius 2 is 0.762 bits per heavy atom. The summed E-state index contributed by atoms with van der Waals surface area (Å²) in [6.07, 6.45) is 0. The topological polar surface area (TPSA) is 18.5 Å². The fraction of sp³-hybridized carbons (Fsp3) is 0. The molecule has 13 aromatic rings. The number of anilines is 8. The Morgan fingerprint density at radius 3 is 1.34 bits per heavy atom. The molecule has 14 rings (SSSR count). The second kappa shape index (κ2) is 21.2. The number of nitrogens with one attached hydrogen (secondary N) is 1. The average molecular weight is 1020 g/mol. The fourth-order valence-corrected chi connectivity index (χ4v) is 11.7. The van der Waals surface area contributed by atoms with Crippen molar-refractivity contribution in [3.63, 3.8) is 0 Å². The predicted octanol–water partition coefficient (Wildman–Crippen LogP) is 19.2. The zero-order chi connectivity index (χ0) is 53.2. The van der Waals surface area contributed by atoms with Crippen LogP contribution in [-0.2, 0) is 0 Å². The van der Waals surface area contributed by atoms with Gasteiger partial charge < -0.3 is 15.1 Å². The molecule has 0 spiro atoms. The van der Waals surface area contributed by atoms with Crippen LogP contribution in [0.5, 0.6) is 0 Å². The maximum atomic E-state index is 3.98. The van der Waals surface area contributed by atoms with Gasteiger partial charge in [0, 0.05) is 51.1 Å². The number of fused-ring (bicyclic) bond motifs is 3. The zero-order valence-electron chi connectivity index (χ0n) is 44.1. The molecule has 80 heavy (non-hydrogen) atoms. The summed E-state index contributed by atoms with van der Waals surface area (Å²) in [6, 6.07) is 115. The molecule has 0 bridgehead atoms. The van der Waals surface area contributed by atoms with Gasteiger partial charge in [-0.05, 0) is 156 Å². The van der Waals surface area contributed by atoms with Gasteiger partial charge >= 0.3 is 0 Å². The number of benzene rings is 13. The van der Waals surface area contributed by atoms with Gasteiger partial charge in [-0.1, -0.05) is 242 Å². The first kappa shape index (κ1) is 48.0. The molecular formula is C76H54BN3. The molecule has 0 amide bonds. The second-order valence-electron chi connectivity index (χ2n) is 20.6. The molecule has 0 radical (unpaired) electrons. The van der Waals surface area contributed by atoms with Gasteiger partial charge in [0.15, 0.2) is 7.28 Å². The van der Waals surface area contributed by atoms with Crippen molar-refractivity contribution in [2.75, 3.05) is 15.1 Å². The Hall–Kier alpha value is -10.4. The van der Waals surface area contributed by atoms with Gasteiger partial charge in [-0.3, -0.25) is 0 Å². The largest absolute Gasteiger partial charge is 0.355 e. The van der Waals surface area contributed by atoms with E-state index in [9.17, 15) is 0 Å². The lowest BCUT2D eigenvalue weighted by Crippen LogP contribution is -2.41. The second-order valence-corrected chi connectivity index (χ2v) is 20.6. The van der Waals surface area contributed by atoms with Crippen LogP contribution in [0, 0.1) is 0 Å². The van der Waals surface area contributed by atoms with Crippen molar-refractivity contribution in [2.45, 2.75) is 0 Å². The first-order valence-corrected chi connectivity index (χ1v) is 27.5. The van der Waals surface area contributed by atoms with E-state index in [-0.39, 0.29) is 0 Å².